The smallest absolute Gasteiger partial charge is 0.338 e. The van der Waals surface area contributed by atoms with Crippen LogP contribution in [-0.4, -0.2) is 12.1 Å². The zero-order chi connectivity index (χ0) is 16.9. The molecule has 1 fully saturated rings. The number of carbonyl (C=O) groups excluding carboxylic acids is 1. The maximum atomic E-state index is 13.2. The number of esters is 1. The highest BCUT2D eigenvalue weighted by Crippen LogP contribution is 2.30. The van der Waals surface area contributed by atoms with Gasteiger partial charge < -0.3 is 4.74 Å². The van der Waals surface area contributed by atoms with Gasteiger partial charge in [-0.05, 0) is 79.5 Å². The van der Waals surface area contributed by atoms with Gasteiger partial charge in [0.15, 0.2) is 0 Å². The molecule has 2 nitrogen and oxygen atoms in total. The molecule has 0 unspecified atom stereocenters. The van der Waals surface area contributed by atoms with Gasteiger partial charge in [0.25, 0.3) is 0 Å². The van der Waals surface area contributed by atoms with Crippen molar-refractivity contribution in [3.05, 3.63) is 60.4 Å². The molecule has 0 atom stereocenters. The van der Waals surface area contributed by atoms with Crippen molar-refractivity contribution in [2.45, 2.75) is 44.6 Å². The predicted octanol–water partition coefficient (Wildman–Crippen LogP) is 5.66. The normalized spacial score (nSPS) is 20.7. The molecule has 0 aromatic heterocycles. The van der Waals surface area contributed by atoms with Crippen LogP contribution in [0.5, 0.6) is 0 Å². The molecule has 1 aliphatic carbocycles. The lowest BCUT2D eigenvalue weighted by molar-refractivity contribution is 0.0162. The topological polar surface area (TPSA) is 26.3 Å². The van der Waals surface area contributed by atoms with E-state index in [2.05, 4.69) is 6.58 Å². The van der Waals surface area contributed by atoms with Gasteiger partial charge in [-0.3, -0.25) is 0 Å². The summed E-state index contributed by atoms with van der Waals surface area (Å²) >= 11 is 0. The first-order valence-corrected chi connectivity index (χ1v) is 8.67. The van der Waals surface area contributed by atoms with Gasteiger partial charge in [-0.25, -0.2) is 9.18 Å². The van der Waals surface area contributed by atoms with E-state index in [9.17, 15) is 9.18 Å². The first-order valence-electron chi connectivity index (χ1n) is 8.67. The molecule has 0 aliphatic heterocycles. The van der Waals surface area contributed by atoms with Gasteiger partial charge in [-0.2, -0.15) is 0 Å². The average molecular weight is 326 g/mol. The van der Waals surface area contributed by atoms with Crippen molar-refractivity contribution in [2.75, 3.05) is 0 Å². The Hall–Kier alpha value is -2.16. The third-order valence-corrected chi connectivity index (χ3v) is 4.88. The standard InChI is InChI=1S/C21H23FO2/c1-2-3-4-15-5-11-20(12-6-15)24-21(23)18-8-7-17-14-19(22)10-9-16(17)13-18/h2,7-10,13-15,20H,1,3-6,11-12H2. The summed E-state index contributed by atoms with van der Waals surface area (Å²) in [4.78, 5) is 12.4. The molecule has 1 aliphatic rings. The molecule has 3 heteroatoms. The molecule has 2 aromatic rings. The van der Waals surface area contributed by atoms with Crippen molar-refractivity contribution in [1.29, 1.82) is 0 Å². The molecule has 0 radical (unpaired) electrons. The van der Waals surface area contributed by atoms with Crippen LogP contribution in [0.1, 0.15) is 48.9 Å². The van der Waals surface area contributed by atoms with Crippen LogP contribution in [-0.2, 0) is 4.74 Å². The summed E-state index contributed by atoms with van der Waals surface area (Å²) in [7, 11) is 0. The second-order valence-corrected chi connectivity index (χ2v) is 6.62. The minimum atomic E-state index is -0.282. The number of rotatable bonds is 5. The van der Waals surface area contributed by atoms with Crippen LogP contribution in [0.25, 0.3) is 10.8 Å². The lowest BCUT2D eigenvalue weighted by Gasteiger charge is -2.28. The van der Waals surface area contributed by atoms with Crippen molar-refractivity contribution >= 4 is 16.7 Å². The third-order valence-electron chi connectivity index (χ3n) is 4.88. The number of hydrogen-bond acceptors (Lipinski definition) is 2. The maximum Gasteiger partial charge on any atom is 0.338 e. The summed E-state index contributed by atoms with van der Waals surface area (Å²) in [6.45, 7) is 3.77. The Morgan fingerprint density at radius 2 is 1.83 bits per heavy atom. The Labute approximate surface area is 142 Å². The zero-order valence-corrected chi connectivity index (χ0v) is 13.8. The second-order valence-electron chi connectivity index (χ2n) is 6.62. The van der Waals surface area contributed by atoms with Gasteiger partial charge in [0.1, 0.15) is 11.9 Å². The molecular weight excluding hydrogens is 303 g/mol. The summed E-state index contributed by atoms with van der Waals surface area (Å²) in [5.74, 6) is 0.176. The fourth-order valence-corrected chi connectivity index (χ4v) is 3.45. The van der Waals surface area contributed by atoms with Crippen LogP contribution >= 0.6 is 0 Å². The second kappa shape index (κ2) is 7.61. The molecule has 3 rings (SSSR count). The van der Waals surface area contributed by atoms with Crippen LogP contribution in [0, 0.1) is 11.7 Å². The monoisotopic (exact) mass is 326 g/mol. The zero-order valence-electron chi connectivity index (χ0n) is 13.8. The number of benzene rings is 2. The van der Waals surface area contributed by atoms with E-state index in [-0.39, 0.29) is 17.9 Å². The van der Waals surface area contributed by atoms with E-state index in [1.54, 1.807) is 24.3 Å². The number of halogens is 1. The molecule has 0 saturated heterocycles. The highest BCUT2D eigenvalue weighted by molar-refractivity contribution is 5.95. The molecule has 0 heterocycles. The Balaban J connectivity index is 1.59. The molecule has 126 valence electrons. The lowest BCUT2D eigenvalue weighted by Crippen LogP contribution is -2.24. The molecule has 0 spiro atoms. The Morgan fingerprint density at radius 1 is 1.12 bits per heavy atom. The van der Waals surface area contributed by atoms with Crippen LogP contribution in [0.2, 0.25) is 0 Å². The summed E-state index contributed by atoms with van der Waals surface area (Å²) < 4.78 is 18.9. The van der Waals surface area contributed by atoms with Crippen molar-refractivity contribution in [3.8, 4) is 0 Å². The molecule has 0 amide bonds. The van der Waals surface area contributed by atoms with E-state index in [1.807, 2.05) is 6.08 Å². The number of fused-ring (bicyclic) bond motifs is 1. The predicted molar refractivity (Wildman–Crippen MR) is 94.5 cm³/mol. The first kappa shape index (κ1) is 16.7. The highest BCUT2D eigenvalue weighted by Gasteiger charge is 2.24. The summed E-state index contributed by atoms with van der Waals surface area (Å²) in [6.07, 6.45) is 8.33. The van der Waals surface area contributed by atoms with Gasteiger partial charge in [0.05, 0.1) is 5.56 Å². The average Bonchev–Trinajstić information content (AvgIpc) is 2.60. The number of ether oxygens (including phenoxy) is 1. The number of hydrogen-bond donors (Lipinski definition) is 0. The molecule has 2 aromatic carbocycles. The lowest BCUT2D eigenvalue weighted by atomic mass is 9.84. The molecule has 0 bridgehead atoms. The minimum absolute atomic E-state index is 0.0152. The van der Waals surface area contributed by atoms with Crippen molar-refractivity contribution in [1.82, 2.24) is 0 Å². The number of allylic oxidation sites excluding steroid dienone is 1. The van der Waals surface area contributed by atoms with Crippen LogP contribution in [0.4, 0.5) is 4.39 Å². The van der Waals surface area contributed by atoms with Gasteiger partial charge in [-0.15, -0.1) is 6.58 Å². The van der Waals surface area contributed by atoms with E-state index in [0.717, 1.165) is 48.8 Å². The SMILES string of the molecule is C=CCCC1CCC(OC(=O)c2ccc3cc(F)ccc3c2)CC1. The summed E-state index contributed by atoms with van der Waals surface area (Å²) in [6, 6.07) is 9.80. The Kier molecular flexibility index (Phi) is 5.29. The van der Waals surface area contributed by atoms with Gasteiger partial charge in [0.2, 0.25) is 0 Å². The van der Waals surface area contributed by atoms with E-state index >= 15 is 0 Å². The van der Waals surface area contributed by atoms with E-state index < -0.39 is 0 Å². The van der Waals surface area contributed by atoms with E-state index in [1.165, 1.54) is 18.6 Å². The molecular formula is C21H23FO2. The largest absolute Gasteiger partial charge is 0.459 e. The molecule has 24 heavy (non-hydrogen) atoms. The van der Waals surface area contributed by atoms with E-state index in [0.29, 0.717) is 5.56 Å². The van der Waals surface area contributed by atoms with Gasteiger partial charge in [0, 0.05) is 0 Å². The third kappa shape index (κ3) is 4.02. The van der Waals surface area contributed by atoms with Crippen molar-refractivity contribution < 1.29 is 13.9 Å². The van der Waals surface area contributed by atoms with Gasteiger partial charge in [-0.1, -0.05) is 18.2 Å². The minimum Gasteiger partial charge on any atom is -0.459 e. The van der Waals surface area contributed by atoms with E-state index in [4.69, 9.17) is 4.74 Å². The fourth-order valence-electron chi connectivity index (χ4n) is 3.45. The first-order chi connectivity index (χ1) is 11.7. The van der Waals surface area contributed by atoms with Crippen molar-refractivity contribution in [2.24, 2.45) is 5.92 Å². The summed E-state index contributed by atoms with van der Waals surface area (Å²) in [5, 5.41) is 1.63. The van der Waals surface area contributed by atoms with Crippen LogP contribution < -0.4 is 0 Å². The quantitative estimate of drug-likeness (QED) is 0.523. The molecule has 1 saturated carbocycles. The van der Waals surface area contributed by atoms with Crippen LogP contribution in [0.3, 0.4) is 0 Å². The Bertz CT molecular complexity index is 730. The van der Waals surface area contributed by atoms with Crippen LogP contribution in [0.15, 0.2) is 49.1 Å². The highest BCUT2D eigenvalue weighted by atomic mass is 19.1. The molecule has 0 N–H and O–H groups in total. The maximum absolute atomic E-state index is 13.2. The Morgan fingerprint density at radius 3 is 2.58 bits per heavy atom. The van der Waals surface area contributed by atoms with Gasteiger partial charge >= 0.3 is 5.97 Å². The number of carbonyl (C=O) groups is 1. The summed E-state index contributed by atoms with van der Waals surface area (Å²) in [5.41, 5.74) is 0.530. The van der Waals surface area contributed by atoms with Crippen molar-refractivity contribution in [3.63, 3.8) is 0 Å². The fraction of sp³-hybridized carbons (Fsp3) is 0.381.